The fraction of sp³-hybridized carbons (Fsp3) is 0.571. The summed E-state index contributed by atoms with van der Waals surface area (Å²) in [5, 5.41) is 12.1. The number of aromatic nitrogens is 1. The van der Waals surface area contributed by atoms with Crippen molar-refractivity contribution in [3.8, 4) is 0 Å². The summed E-state index contributed by atoms with van der Waals surface area (Å²) in [5.41, 5.74) is 0.890. The fourth-order valence-electron chi connectivity index (χ4n) is 2.56. The summed E-state index contributed by atoms with van der Waals surface area (Å²) in [6.45, 7) is 1.78. The lowest BCUT2D eigenvalue weighted by molar-refractivity contribution is 0.0690. The Morgan fingerprint density at radius 2 is 2.26 bits per heavy atom. The van der Waals surface area contributed by atoms with Gasteiger partial charge in [-0.2, -0.15) is 0 Å². The summed E-state index contributed by atoms with van der Waals surface area (Å²) in [4.78, 5) is 17.0. The zero-order chi connectivity index (χ0) is 13.7. The molecule has 0 amide bonds. The average Bonchev–Trinajstić information content (AvgIpc) is 2.93. The molecular formula is C14H21N3O2. The van der Waals surface area contributed by atoms with Crippen LogP contribution in [0.1, 0.15) is 36.2 Å². The molecule has 5 nitrogen and oxygen atoms in total. The normalized spacial score (nSPS) is 15.9. The van der Waals surface area contributed by atoms with E-state index in [2.05, 4.69) is 22.2 Å². The van der Waals surface area contributed by atoms with E-state index in [4.69, 9.17) is 5.11 Å². The van der Waals surface area contributed by atoms with Gasteiger partial charge in [0.2, 0.25) is 0 Å². The molecule has 104 valence electrons. The van der Waals surface area contributed by atoms with Crippen molar-refractivity contribution in [2.75, 3.05) is 25.5 Å². The Morgan fingerprint density at radius 1 is 1.53 bits per heavy atom. The summed E-state index contributed by atoms with van der Waals surface area (Å²) >= 11 is 0. The zero-order valence-electron chi connectivity index (χ0n) is 11.3. The number of carbonyl (C=O) groups is 1. The highest BCUT2D eigenvalue weighted by Crippen LogP contribution is 2.21. The summed E-state index contributed by atoms with van der Waals surface area (Å²) < 4.78 is 0. The van der Waals surface area contributed by atoms with Crippen molar-refractivity contribution in [1.82, 2.24) is 9.88 Å². The third-order valence-electron chi connectivity index (χ3n) is 3.72. The first-order chi connectivity index (χ1) is 9.16. The van der Waals surface area contributed by atoms with Crippen LogP contribution in [0.15, 0.2) is 18.3 Å². The molecule has 0 spiro atoms. The van der Waals surface area contributed by atoms with Crippen LogP contribution in [0.2, 0.25) is 0 Å². The van der Waals surface area contributed by atoms with Crippen LogP contribution in [-0.4, -0.2) is 47.1 Å². The molecule has 1 saturated carbocycles. The molecule has 1 aromatic rings. The third-order valence-corrected chi connectivity index (χ3v) is 3.72. The van der Waals surface area contributed by atoms with Crippen molar-refractivity contribution in [2.45, 2.75) is 31.7 Å². The average molecular weight is 263 g/mol. The standard InChI is InChI=1S/C14H21N3O2/c1-17(12-4-2-3-5-12)9-8-15-11-6-7-16-13(10-11)14(18)19/h6-7,10,12H,2-5,8-9H2,1H3,(H,15,16)(H,18,19). The molecule has 2 N–H and O–H groups in total. The number of nitrogens with one attached hydrogen (secondary N) is 1. The quantitative estimate of drug-likeness (QED) is 0.822. The molecule has 0 atom stereocenters. The molecule has 0 saturated heterocycles. The maximum atomic E-state index is 10.8. The number of hydrogen-bond donors (Lipinski definition) is 2. The first kappa shape index (κ1) is 13.8. The van der Waals surface area contributed by atoms with E-state index in [1.54, 1.807) is 12.1 Å². The van der Waals surface area contributed by atoms with Crippen LogP contribution in [0.4, 0.5) is 5.69 Å². The summed E-state index contributed by atoms with van der Waals surface area (Å²) in [6, 6.07) is 4.08. The van der Waals surface area contributed by atoms with E-state index in [0.29, 0.717) is 6.04 Å². The number of rotatable bonds is 6. The topological polar surface area (TPSA) is 65.5 Å². The second-order valence-electron chi connectivity index (χ2n) is 5.08. The molecule has 0 aliphatic heterocycles. The Kier molecular flexibility index (Phi) is 4.74. The van der Waals surface area contributed by atoms with Crippen molar-refractivity contribution in [1.29, 1.82) is 0 Å². The molecule has 1 aliphatic rings. The highest BCUT2D eigenvalue weighted by Gasteiger charge is 2.18. The van der Waals surface area contributed by atoms with Gasteiger partial charge in [0.05, 0.1) is 0 Å². The van der Waals surface area contributed by atoms with Crippen LogP contribution in [0.25, 0.3) is 0 Å². The van der Waals surface area contributed by atoms with Gasteiger partial charge in [-0.25, -0.2) is 9.78 Å². The van der Waals surface area contributed by atoms with Crippen LogP contribution in [-0.2, 0) is 0 Å². The van der Waals surface area contributed by atoms with Gasteiger partial charge >= 0.3 is 5.97 Å². The zero-order valence-corrected chi connectivity index (χ0v) is 11.3. The molecule has 0 unspecified atom stereocenters. The van der Waals surface area contributed by atoms with Crippen LogP contribution in [0.5, 0.6) is 0 Å². The predicted molar refractivity (Wildman–Crippen MR) is 74.6 cm³/mol. The van der Waals surface area contributed by atoms with E-state index in [0.717, 1.165) is 18.8 Å². The predicted octanol–water partition coefficient (Wildman–Crippen LogP) is 2.07. The first-order valence-corrected chi connectivity index (χ1v) is 6.80. The number of anilines is 1. The van der Waals surface area contributed by atoms with Gasteiger partial charge in [0, 0.05) is 31.0 Å². The Morgan fingerprint density at radius 3 is 2.95 bits per heavy atom. The van der Waals surface area contributed by atoms with E-state index < -0.39 is 5.97 Å². The summed E-state index contributed by atoms with van der Waals surface area (Å²) in [7, 11) is 2.16. The molecule has 0 aromatic carbocycles. The van der Waals surface area contributed by atoms with E-state index in [-0.39, 0.29) is 5.69 Å². The number of aromatic carboxylic acids is 1. The highest BCUT2D eigenvalue weighted by atomic mass is 16.4. The van der Waals surface area contributed by atoms with Gasteiger partial charge in [0.15, 0.2) is 0 Å². The van der Waals surface area contributed by atoms with Gasteiger partial charge < -0.3 is 15.3 Å². The van der Waals surface area contributed by atoms with Gasteiger partial charge in [-0.3, -0.25) is 0 Å². The van der Waals surface area contributed by atoms with Gasteiger partial charge in [-0.1, -0.05) is 12.8 Å². The number of hydrogen-bond acceptors (Lipinski definition) is 4. The van der Waals surface area contributed by atoms with Crippen LogP contribution in [0, 0.1) is 0 Å². The second-order valence-corrected chi connectivity index (χ2v) is 5.08. The Labute approximate surface area is 113 Å². The molecule has 2 rings (SSSR count). The lowest BCUT2D eigenvalue weighted by Gasteiger charge is -2.24. The minimum Gasteiger partial charge on any atom is -0.477 e. The maximum Gasteiger partial charge on any atom is 0.354 e. The fourth-order valence-corrected chi connectivity index (χ4v) is 2.56. The van der Waals surface area contributed by atoms with E-state index in [1.165, 1.54) is 31.9 Å². The molecule has 1 aliphatic carbocycles. The first-order valence-electron chi connectivity index (χ1n) is 6.80. The van der Waals surface area contributed by atoms with Crippen LogP contribution >= 0.6 is 0 Å². The molecule has 19 heavy (non-hydrogen) atoms. The van der Waals surface area contributed by atoms with Gasteiger partial charge in [-0.05, 0) is 32.0 Å². The summed E-state index contributed by atoms with van der Waals surface area (Å²) in [6.07, 6.45) is 6.81. The monoisotopic (exact) mass is 263 g/mol. The molecule has 0 radical (unpaired) electrons. The number of pyridine rings is 1. The van der Waals surface area contributed by atoms with Crippen molar-refractivity contribution in [3.63, 3.8) is 0 Å². The molecule has 0 bridgehead atoms. The third kappa shape index (κ3) is 3.92. The molecule has 1 heterocycles. The van der Waals surface area contributed by atoms with Crippen LogP contribution in [0.3, 0.4) is 0 Å². The van der Waals surface area contributed by atoms with Gasteiger partial charge in [0.25, 0.3) is 0 Å². The SMILES string of the molecule is CN(CCNc1ccnc(C(=O)O)c1)C1CCCC1. The molecule has 1 fully saturated rings. The van der Waals surface area contributed by atoms with E-state index >= 15 is 0 Å². The molecule has 1 aromatic heterocycles. The van der Waals surface area contributed by atoms with Crippen molar-refractivity contribution in [3.05, 3.63) is 24.0 Å². The molecule has 5 heteroatoms. The van der Waals surface area contributed by atoms with Crippen molar-refractivity contribution in [2.24, 2.45) is 0 Å². The van der Waals surface area contributed by atoms with Gasteiger partial charge in [-0.15, -0.1) is 0 Å². The number of likely N-dealkylation sites (N-methyl/N-ethyl adjacent to an activating group) is 1. The number of carboxylic acid groups (broad SMARTS) is 1. The highest BCUT2D eigenvalue weighted by molar-refractivity contribution is 5.86. The number of carboxylic acids is 1. The smallest absolute Gasteiger partial charge is 0.354 e. The summed E-state index contributed by atoms with van der Waals surface area (Å²) in [5.74, 6) is -0.994. The van der Waals surface area contributed by atoms with E-state index in [9.17, 15) is 4.79 Å². The Bertz CT molecular complexity index is 430. The lowest BCUT2D eigenvalue weighted by Crippen LogP contribution is -2.33. The van der Waals surface area contributed by atoms with Crippen LogP contribution < -0.4 is 5.32 Å². The second kappa shape index (κ2) is 6.52. The molecular weight excluding hydrogens is 242 g/mol. The van der Waals surface area contributed by atoms with Gasteiger partial charge in [0.1, 0.15) is 5.69 Å². The minimum atomic E-state index is -0.994. The van der Waals surface area contributed by atoms with Crippen molar-refractivity contribution >= 4 is 11.7 Å². The Balaban J connectivity index is 1.78. The maximum absolute atomic E-state index is 10.8. The minimum absolute atomic E-state index is 0.0779. The lowest BCUT2D eigenvalue weighted by atomic mass is 10.2. The Hall–Kier alpha value is -1.62. The largest absolute Gasteiger partial charge is 0.477 e. The van der Waals surface area contributed by atoms with E-state index in [1.807, 2.05) is 0 Å². The van der Waals surface area contributed by atoms with Crippen molar-refractivity contribution < 1.29 is 9.90 Å². The number of nitrogens with zero attached hydrogens (tertiary/aromatic N) is 2.